The molecule has 1 N–H and O–H groups in total. The van der Waals surface area contributed by atoms with Crippen molar-refractivity contribution >= 4 is 5.57 Å². The molecule has 0 saturated heterocycles. The summed E-state index contributed by atoms with van der Waals surface area (Å²) in [6, 6.07) is 3.65. The fraction of sp³-hybridized carbons (Fsp3) is 0.529. The summed E-state index contributed by atoms with van der Waals surface area (Å²) in [6.07, 6.45) is 5.31. The summed E-state index contributed by atoms with van der Waals surface area (Å²) in [5.74, 6) is -0.0992. The largest absolute Gasteiger partial charge is 0.320 e. The van der Waals surface area contributed by atoms with Gasteiger partial charge in [0.05, 0.1) is 0 Å². The van der Waals surface area contributed by atoms with E-state index in [1.54, 1.807) is 6.07 Å². The van der Waals surface area contributed by atoms with E-state index in [-0.39, 0.29) is 5.82 Å². The number of hydrogen-bond donors (Lipinski definition) is 1. The highest BCUT2D eigenvalue weighted by Crippen LogP contribution is 2.25. The third-order valence-corrected chi connectivity index (χ3v) is 3.57. The van der Waals surface area contributed by atoms with Gasteiger partial charge >= 0.3 is 0 Å². The first kappa shape index (κ1) is 15.9. The lowest BCUT2D eigenvalue weighted by Gasteiger charge is -2.13. The minimum absolute atomic E-state index is 0.0992. The Balaban J connectivity index is 2.74. The molecular weight excluding hydrogens is 237 g/mol. The summed E-state index contributed by atoms with van der Waals surface area (Å²) in [6.45, 7) is 9.07. The van der Waals surface area contributed by atoms with Crippen LogP contribution >= 0.6 is 0 Å². The molecule has 0 saturated carbocycles. The first-order valence-electron chi connectivity index (χ1n) is 7.22. The van der Waals surface area contributed by atoms with Gasteiger partial charge < -0.3 is 5.32 Å². The van der Waals surface area contributed by atoms with Crippen molar-refractivity contribution < 1.29 is 4.39 Å². The average molecular weight is 263 g/mol. The summed E-state index contributed by atoms with van der Waals surface area (Å²) < 4.78 is 13.7. The van der Waals surface area contributed by atoms with E-state index >= 15 is 0 Å². The maximum Gasteiger partial charge on any atom is 0.126 e. The molecule has 0 bridgehead atoms. The predicted octanol–water partition coefficient (Wildman–Crippen LogP) is 4.49. The van der Waals surface area contributed by atoms with Crippen LogP contribution in [-0.2, 0) is 6.42 Å². The molecule has 2 heteroatoms. The average Bonchev–Trinajstić information content (AvgIpc) is 2.41. The minimum Gasteiger partial charge on any atom is -0.320 e. The van der Waals surface area contributed by atoms with Crippen LogP contribution in [0.25, 0.3) is 5.57 Å². The van der Waals surface area contributed by atoms with Gasteiger partial charge in [-0.25, -0.2) is 4.39 Å². The molecule has 0 aliphatic rings. The lowest BCUT2D eigenvalue weighted by Crippen LogP contribution is -2.07. The molecule has 0 aliphatic carbocycles. The van der Waals surface area contributed by atoms with Crippen LogP contribution in [0.5, 0.6) is 0 Å². The number of halogens is 1. The van der Waals surface area contributed by atoms with Crippen LogP contribution in [0.2, 0.25) is 0 Å². The highest BCUT2D eigenvalue weighted by atomic mass is 19.1. The van der Waals surface area contributed by atoms with Gasteiger partial charge in [0.25, 0.3) is 0 Å². The highest BCUT2D eigenvalue weighted by molar-refractivity contribution is 5.67. The highest BCUT2D eigenvalue weighted by Gasteiger charge is 2.09. The Kier molecular flexibility index (Phi) is 6.79. The van der Waals surface area contributed by atoms with Gasteiger partial charge in [-0.1, -0.05) is 19.9 Å². The maximum atomic E-state index is 13.7. The van der Waals surface area contributed by atoms with Crippen LogP contribution in [0.15, 0.2) is 18.7 Å². The van der Waals surface area contributed by atoms with Crippen molar-refractivity contribution in [3.63, 3.8) is 0 Å². The van der Waals surface area contributed by atoms with E-state index in [2.05, 4.69) is 18.8 Å². The second-order valence-corrected chi connectivity index (χ2v) is 5.13. The number of unbranched alkanes of at least 4 members (excludes halogenated alkanes) is 2. The summed E-state index contributed by atoms with van der Waals surface area (Å²) in [4.78, 5) is 0. The van der Waals surface area contributed by atoms with Gasteiger partial charge in [-0.2, -0.15) is 0 Å². The van der Waals surface area contributed by atoms with E-state index in [1.165, 1.54) is 12.8 Å². The van der Waals surface area contributed by atoms with Crippen LogP contribution in [-0.4, -0.2) is 13.6 Å². The number of nitrogens with one attached hydrogen (secondary N) is 1. The Morgan fingerprint density at radius 2 is 2.00 bits per heavy atom. The molecule has 0 amide bonds. The molecule has 0 atom stereocenters. The molecule has 19 heavy (non-hydrogen) atoms. The van der Waals surface area contributed by atoms with E-state index < -0.39 is 0 Å². The van der Waals surface area contributed by atoms with Crippen molar-refractivity contribution in [3.8, 4) is 0 Å². The molecule has 0 aromatic heterocycles. The molecule has 0 fully saturated rings. The Morgan fingerprint density at radius 3 is 2.63 bits per heavy atom. The summed E-state index contributed by atoms with van der Waals surface area (Å²) in [5, 5.41) is 3.15. The number of rotatable bonds is 8. The molecule has 0 heterocycles. The molecule has 0 unspecified atom stereocenters. The molecular formula is C17H26FN. The van der Waals surface area contributed by atoms with Crippen molar-refractivity contribution in [1.29, 1.82) is 0 Å². The van der Waals surface area contributed by atoms with Gasteiger partial charge in [0.2, 0.25) is 0 Å². The van der Waals surface area contributed by atoms with Crippen LogP contribution in [0.1, 0.15) is 49.3 Å². The first-order valence-corrected chi connectivity index (χ1v) is 7.22. The zero-order valence-corrected chi connectivity index (χ0v) is 12.5. The lowest BCUT2D eigenvalue weighted by molar-refractivity contribution is 0.610. The van der Waals surface area contributed by atoms with Crippen molar-refractivity contribution in [1.82, 2.24) is 5.32 Å². The molecule has 1 aromatic rings. The Hall–Kier alpha value is -1.15. The molecule has 0 radical (unpaired) electrons. The first-order chi connectivity index (χ1) is 9.10. The number of benzene rings is 1. The van der Waals surface area contributed by atoms with E-state index in [0.29, 0.717) is 5.56 Å². The predicted molar refractivity (Wildman–Crippen MR) is 81.9 cm³/mol. The van der Waals surface area contributed by atoms with Gasteiger partial charge in [0, 0.05) is 0 Å². The van der Waals surface area contributed by atoms with E-state index in [4.69, 9.17) is 0 Å². The van der Waals surface area contributed by atoms with E-state index in [0.717, 1.165) is 42.5 Å². The topological polar surface area (TPSA) is 12.0 Å². The molecule has 1 rings (SSSR count). The zero-order valence-electron chi connectivity index (χ0n) is 12.5. The number of hydrogen-bond acceptors (Lipinski definition) is 1. The third-order valence-electron chi connectivity index (χ3n) is 3.57. The van der Waals surface area contributed by atoms with Crippen molar-refractivity contribution in [2.75, 3.05) is 13.6 Å². The Labute approximate surface area is 116 Å². The minimum atomic E-state index is -0.0992. The van der Waals surface area contributed by atoms with Gasteiger partial charge in [-0.15, -0.1) is 0 Å². The van der Waals surface area contributed by atoms with Crippen LogP contribution in [0.4, 0.5) is 4.39 Å². The second-order valence-electron chi connectivity index (χ2n) is 5.13. The van der Waals surface area contributed by atoms with Crippen molar-refractivity contribution in [2.45, 2.75) is 46.0 Å². The lowest BCUT2D eigenvalue weighted by atomic mass is 9.93. The normalized spacial score (nSPS) is 10.7. The van der Waals surface area contributed by atoms with Crippen LogP contribution in [0, 0.1) is 12.7 Å². The Bertz CT molecular complexity index is 424. The number of allylic oxidation sites excluding steroid dienone is 1. The molecule has 1 aromatic carbocycles. The van der Waals surface area contributed by atoms with Gasteiger partial charge in [-0.3, -0.25) is 0 Å². The Morgan fingerprint density at radius 1 is 1.26 bits per heavy atom. The third kappa shape index (κ3) is 4.79. The molecule has 0 spiro atoms. The van der Waals surface area contributed by atoms with Crippen LogP contribution < -0.4 is 5.32 Å². The second kappa shape index (κ2) is 8.11. The number of aryl methyl sites for hydroxylation is 2. The fourth-order valence-corrected chi connectivity index (χ4v) is 2.24. The summed E-state index contributed by atoms with van der Waals surface area (Å²) in [7, 11) is 1.97. The standard InChI is InChI=1S/C17H26FN/c1-5-13(2)16-11-14(3)17(18)12-15(16)9-7-6-8-10-19-4/h11-12,19H,2,5-10H2,1,3-4H3. The summed E-state index contributed by atoms with van der Waals surface area (Å²) >= 11 is 0. The molecule has 1 nitrogen and oxygen atoms in total. The monoisotopic (exact) mass is 263 g/mol. The maximum absolute atomic E-state index is 13.7. The van der Waals surface area contributed by atoms with Crippen LogP contribution in [0.3, 0.4) is 0 Å². The van der Waals surface area contributed by atoms with Gasteiger partial charge in [-0.05, 0) is 80.6 Å². The molecule has 0 aliphatic heterocycles. The van der Waals surface area contributed by atoms with Crippen molar-refractivity contribution in [2.24, 2.45) is 0 Å². The van der Waals surface area contributed by atoms with Gasteiger partial charge in [0.1, 0.15) is 5.82 Å². The zero-order chi connectivity index (χ0) is 14.3. The van der Waals surface area contributed by atoms with E-state index in [9.17, 15) is 4.39 Å². The molecule has 106 valence electrons. The van der Waals surface area contributed by atoms with Gasteiger partial charge in [0.15, 0.2) is 0 Å². The smallest absolute Gasteiger partial charge is 0.126 e. The quantitative estimate of drug-likeness (QED) is 0.681. The SMILES string of the molecule is C=C(CC)c1cc(C)c(F)cc1CCCCCNC. The fourth-order valence-electron chi connectivity index (χ4n) is 2.24. The van der Waals surface area contributed by atoms with E-state index in [1.807, 2.05) is 20.0 Å². The van der Waals surface area contributed by atoms with Crippen molar-refractivity contribution in [3.05, 3.63) is 41.2 Å². The summed E-state index contributed by atoms with van der Waals surface area (Å²) in [5.41, 5.74) is 4.08.